The summed E-state index contributed by atoms with van der Waals surface area (Å²) in [5.74, 6) is 2.35. The van der Waals surface area contributed by atoms with Gasteiger partial charge in [-0.05, 0) is 50.5 Å². The number of ether oxygens (including phenoxy) is 1. The summed E-state index contributed by atoms with van der Waals surface area (Å²) in [6.07, 6.45) is 9.07. The Bertz CT molecular complexity index is 988. The van der Waals surface area contributed by atoms with Crippen molar-refractivity contribution in [2.45, 2.75) is 74.1 Å². The molecule has 2 fully saturated rings. The second-order valence-corrected chi connectivity index (χ2v) is 10.8. The average molecular weight is 457 g/mol. The molecule has 1 atom stereocenters. The molecule has 2 aromatic rings. The lowest BCUT2D eigenvalue weighted by Gasteiger charge is -2.45. The van der Waals surface area contributed by atoms with Crippen LogP contribution in [0.25, 0.3) is 0 Å². The maximum atomic E-state index is 10.0. The number of nitrogens with one attached hydrogen (secondary N) is 1. The molecule has 8 nitrogen and oxygen atoms in total. The van der Waals surface area contributed by atoms with Gasteiger partial charge in [-0.25, -0.2) is 15.0 Å². The lowest BCUT2D eigenvalue weighted by atomic mass is 9.75. The maximum absolute atomic E-state index is 10.0. The molecule has 2 aromatic heterocycles. The zero-order valence-electron chi connectivity index (χ0n) is 18.8. The van der Waals surface area contributed by atoms with Crippen LogP contribution in [0.2, 0.25) is 0 Å². The highest BCUT2D eigenvalue weighted by Gasteiger charge is 2.42. The highest BCUT2D eigenvalue weighted by Crippen LogP contribution is 2.46. The van der Waals surface area contributed by atoms with Gasteiger partial charge < -0.3 is 25.8 Å². The molecule has 0 amide bonds. The SMILES string of the molecule is CC(N)C1(C)CCN(c2ncc(Sc3ccnc4c3OCC3(CCC3)N4)nc2CO)CC1. The molecule has 2 aliphatic heterocycles. The topological polar surface area (TPSA) is 109 Å². The molecular formula is C23H32N6O2S. The van der Waals surface area contributed by atoms with Crippen molar-refractivity contribution in [3.63, 3.8) is 0 Å². The van der Waals surface area contributed by atoms with Crippen LogP contribution in [-0.2, 0) is 6.61 Å². The quantitative estimate of drug-likeness (QED) is 0.625. The molecule has 1 unspecified atom stereocenters. The summed E-state index contributed by atoms with van der Waals surface area (Å²) in [5, 5.41) is 14.3. The van der Waals surface area contributed by atoms with E-state index in [-0.39, 0.29) is 23.6 Å². The predicted octanol–water partition coefficient (Wildman–Crippen LogP) is 3.20. The second kappa shape index (κ2) is 8.35. The number of aliphatic hydroxyl groups excluding tert-OH is 1. The molecule has 1 spiro atoms. The molecule has 4 N–H and O–H groups in total. The number of hydrogen-bond donors (Lipinski definition) is 3. The van der Waals surface area contributed by atoms with Crippen molar-refractivity contribution < 1.29 is 9.84 Å². The first-order valence-electron chi connectivity index (χ1n) is 11.5. The van der Waals surface area contributed by atoms with Gasteiger partial charge in [-0.3, -0.25) is 0 Å². The van der Waals surface area contributed by atoms with E-state index < -0.39 is 0 Å². The molecule has 0 radical (unpaired) electrons. The molecule has 9 heteroatoms. The van der Waals surface area contributed by atoms with Gasteiger partial charge in [0.05, 0.1) is 23.2 Å². The summed E-state index contributed by atoms with van der Waals surface area (Å²) in [4.78, 5) is 17.1. The third-order valence-corrected chi connectivity index (χ3v) is 8.47. The Balaban J connectivity index is 1.33. The first-order valence-corrected chi connectivity index (χ1v) is 12.3. The fraction of sp³-hybridized carbons (Fsp3) is 0.609. The largest absolute Gasteiger partial charge is 0.486 e. The Labute approximate surface area is 193 Å². The predicted molar refractivity (Wildman–Crippen MR) is 125 cm³/mol. The average Bonchev–Trinajstić information content (AvgIpc) is 2.78. The molecule has 1 saturated carbocycles. The molecule has 3 aliphatic rings. The van der Waals surface area contributed by atoms with Crippen LogP contribution in [-0.4, -0.2) is 51.3 Å². The number of pyridine rings is 1. The lowest BCUT2D eigenvalue weighted by Crippen LogP contribution is -2.52. The van der Waals surface area contributed by atoms with E-state index >= 15 is 0 Å². The van der Waals surface area contributed by atoms with Crippen molar-refractivity contribution in [3.8, 4) is 5.75 Å². The number of anilines is 2. The number of nitrogens with zero attached hydrogens (tertiary/aromatic N) is 4. The van der Waals surface area contributed by atoms with Gasteiger partial charge in [0.1, 0.15) is 17.3 Å². The van der Waals surface area contributed by atoms with Crippen LogP contribution in [0.4, 0.5) is 11.6 Å². The van der Waals surface area contributed by atoms with Crippen LogP contribution in [0.15, 0.2) is 28.4 Å². The van der Waals surface area contributed by atoms with Gasteiger partial charge in [0.25, 0.3) is 0 Å². The van der Waals surface area contributed by atoms with Gasteiger partial charge in [-0.15, -0.1) is 0 Å². The van der Waals surface area contributed by atoms with Crippen LogP contribution in [0.5, 0.6) is 5.75 Å². The monoisotopic (exact) mass is 456 g/mol. The Morgan fingerprint density at radius 1 is 1.28 bits per heavy atom. The minimum Gasteiger partial charge on any atom is -0.486 e. The molecule has 5 rings (SSSR count). The van der Waals surface area contributed by atoms with Gasteiger partial charge in [-0.1, -0.05) is 18.7 Å². The number of fused-ring (bicyclic) bond motifs is 1. The zero-order chi connectivity index (χ0) is 22.3. The molecule has 1 saturated heterocycles. The molecule has 1 aliphatic carbocycles. The van der Waals surface area contributed by atoms with Crippen molar-refractivity contribution in [1.82, 2.24) is 15.0 Å². The van der Waals surface area contributed by atoms with E-state index in [0.29, 0.717) is 12.3 Å². The number of rotatable bonds is 5. The van der Waals surface area contributed by atoms with Crippen molar-refractivity contribution in [3.05, 3.63) is 24.2 Å². The van der Waals surface area contributed by atoms with E-state index in [1.54, 1.807) is 12.4 Å². The van der Waals surface area contributed by atoms with Gasteiger partial charge in [-0.2, -0.15) is 0 Å². The number of nitrogens with two attached hydrogens (primary N) is 1. The normalized spacial score (nSPS) is 21.8. The third kappa shape index (κ3) is 3.91. The standard InChI is InChI=1S/C23H32N6O2S/c1-15(24)22(2)7-10-29(11-8-22)21-16(13-30)27-18(12-26-21)32-17-4-9-25-20-19(17)31-14-23(28-20)5-3-6-23/h4,9,12,15,30H,3,5-8,10-11,13-14,24H2,1-2H3,(H,25,28). The smallest absolute Gasteiger partial charge is 0.175 e. The van der Waals surface area contributed by atoms with Gasteiger partial charge in [0.2, 0.25) is 0 Å². The minimum absolute atomic E-state index is 0.0566. The first kappa shape index (κ1) is 21.7. The van der Waals surface area contributed by atoms with E-state index in [4.69, 9.17) is 20.4 Å². The fourth-order valence-electron chi connectivity index (χ4n) is 4.73. The zero-order valence-corrected chi connectivity index (χ0v) is 19.6. The Morgan fingerprint density at radius 3 is 2.72 bits per heavy atom. The Hall–Kier alpha value is -2.10. The summed E-state index contributed by atoms with van der Waals surface area (Å²) >= 11 is 1.49. The first-order chi connectivity index (χ1) is 15.4. The fourth-order valence-corrected chi connectivity index (χ4v) is 5.59. The molecule has 0 bridgehead atoms. The Kier molecular flexibility index (Phi) is 5.67. The van der Waals surface area contributed by atoms with Crippen molar-refractivity contribution in [1.29, 1.82) is 0 Å². The highest BCUT2D eigenvalue weighted by atomic mass is 32.2. The third-order valence-electron chi connectivity index (χ3n) is 7.52. The summed E-state index contributed by atoms with van der Waals surface area (Å²) in [6, 6.07) is 2.10. The molecular weight excluding hydrogens is 424 g/mol. The minimum atomic E-state index is -0.146. The Morgan fingerprint density at radius 2 is 2.06 bits per heavy atom. The van der Waals surface area contributed by atoms with Gasteiger partial charge in [0.15, 0.2) is 17.4 Å². The summed E-state index contributed by atoms with van der Waals surface area (Å²) in [5.41, 5.74) is 7.01. The number of aliphatic hydroxyl groups is 1. The van der Waals surface area contributed by atoms with Crippen molar-refractivity contribution in [2.24, 2.45) is 11.1 Å². The van der Waals surface area contributed by atoms with Crippen LogP contribution < -0.4 is 20.7 Å². The number of aromatic nitrogens is 3. The maximum Gasteiger partial charge on any atom is 0.175 e. The van der Waals surface area contributed by atoms with Gasteiger partial charge >= 0.3 is 0 Å². The molecule has 32 heavy (non-hydrogen) atoms. The number of piperidine rings is 1. The molecule has 4 heterocycles. The van der Waals surface area contributed by atoms with Crippen molar-refractivity contribution in [2.75, 3.05) is 29.9 Å². The summed E-state index contributed by atoms with van der Waals surface area (Å²) < 4.78 is 6.14. The van der Waals surface area contributed by atoms with Crippen LogP contribution in [0.3, 0.4) is 0 Å². The van der Waals surface area contributed by atoms with E-state index in [0.717, 1.165) is 66.1 Å². The van der Waals surface area contributed by atoms with Gasteiger partial charge in [0, 0.05) is 25.3 Å². The highest BCUT2D eigenvalue weighted by molar-refractivity contribution is 7.99. The van der Waals surface area contributed by atoms with Crippen LogP contribution in [0.1, 0.15) is 51.6 Å². The van der Waals surface area contributed by atoms with E-state index in [2.05, 4.69) is 29.0 Å². The summed E-state index contributed by atoms with van der Waals surface area (Å²) in [6.45, 7) is 6.60. The second-order valence-electron chi connectivity index (χ2n) is 9.70. The van der Waals surface area contributed by atoms with Crippen LogP contribution >= 0.6 is 11.8 Å². The summed E-state index contributed by atoms with van der Waals surface area (Å²) in [7, 11) is 0. The van der Waals surface area contributed by atoms with Crippen molar-refractivity contribution >= 4 is 23.4 Å². The molecule has 0 aromatic carbocycles. The van der Waals surface area contributed by atoms with E-state index in [1.807, 2.05) is 6.07 Å². The molecule has 172 valence electrons. The number of hydrogen-bond acceptors (Lipinski definition) is 9. The van der Waals surface area contributed by atoms with Crippen LogP contribution in [0, 0.1) is 5.41 Å². The van der Waals surface area contributed by atoms with E-state index in [9.17, 15) is 5.11 Å². The van der Waals surface area contributed by atoms with E-state index in [1.165, 1.54) is 18.2 Å². The lowest BCUT2D eigenvalue weighted by molar-refractivity contribution is 0.144.